The number of imide groups is 1. The average molecular weight is 415 g/mol. The first-order valence-corrected chi connectivity index (χ1v) is 10.2. The number of nitrogens with zero attached hydrogens (tertiary/aromatic N) is 3. The number of amidine groups is 1. The SMILES string of the molecule is CN1C(=O)NC(=O)C2C1N=C(SCc1ccc(Cl)cc1)N2Cc1ccccc1. The first kappa shape index (κ1) is 18.8. The van der Waals surface area contributed by atoms with Crippen LogP contribution in [0.4, 0.5) is 4.79 Å². The van der Waals surface area contributed by atoms with Crippen LogP contribution in [-0.4, -0.2) is 46.2 Å². The molecule has 0 radical (unpaired) electrons. The molecule has 2 aromatic rings. The second-order valence-electron chi connectivity index (χ2n) is 6.70. The second-order valence-corrected chi connectivity index (χ2v) is 8.08. The molecule has 6 nitrogen and oxygen atoms in total. The molecule has 1 fully saturated rings. The van der Waals surface area contributed by atoms with Gasteiger partial charge in [0.2, 0.25) is 0 Å². The number of nitrogens with one attached hydrogen (secondary N) is 1. The summed E-state index contributed by atoms with van der Waals surface area (Å²) >= 11 is 7.52. The quantitative estimate of drug-likeness (QED) is 0.833. The van der Waals surface area contributed by atoms with Crippen LogP contribution in [0.15, 0.2) is 59.6 Å². The lowest BCUT2D eigenvalue weighted by Gasteiger charge is -2.36. The molecule has 144 valence electrons. The van der Waals surface area contributed by atoms with E-state index in [1.165, 1.54) is 4.90 Å². The van der Waals surface area contributed by atoms with E-state index in [0.29, 0.717) is 17.3 Å². The van der Waals surface area contributed by atoms with Crippen LogP contribution in [0.3, 0.4) is 0 Å². The van der Waals surface area contributed by atoms with Gasteiger partial charge >= 0.3 is 6.03 Å². The summed E-state index contributed by atoms with van der Waals surface area (Å²) in [5, 5.41) is 3.88. The molecule has 1 N–H and O–H groups in total. The topological polar surface area (TPSA) is 65.0 Å². The molecule has 0 aliphatic carbocycles. The summed E-state index contributed by atoms with van der Waals surface area (Å²) in [7, 11) is 1.66. The predicted molar refractivity (Wildman–Crippen MR) is 111 cm³/mol. The minimum atomic E-state index is -0.532. The van der Waals surface area contributed by atoms with Crippen LogP contribution in [0.1, 0.15) is 11.1 Å². The van der Waals surface area contributed by atoms with E-state index >= 15 is 0 Å². The number of halogens is 1. The molecule has 2 atom stereocenters. The van der Waals surface area contributed by atoms with Crippen molar-refractivity contribution in [3.63, 3.8) is 0 Å². The summed E-state index contributed by atoms with van der Waals surface area (Å²) in [4.78, 5) is 32.8. The minimum Gasteiger partial charge on any atom is -0.331 e. The first-order valence-electron chi connectivity index (χ1n) is 8.86. The van der Waals surface area contributed by atoms with Gasteiger partial charge in [0.05, 0.1) is 0 Å². The highest BCUT2D eigenvalue weighted by Gasteiger charge is 2.48. The van der Waals surface area contributed by atoms with Crippen molar-refractivity contribution in [2.45, 2.75) is 24.5 Å². The van der Waals surface area contributed by atoms with Crippen molar-refractivity contribution >= 4 is 40.5 Å². The number of fused-ring (bicyclic) bond motifs is 1. The highest BCUT2D eigenvalue weighted by Crippen LogP contribution is 2.31. The van der Waals surface area contributed by atoms with Crippen LogP contribution >= 0.6 is 23.4 Å². The number of aliphatic imine (C=N–C) groups is 1. The van der Waals surface area contributed by atoms with Crippen LogP contribution in [0.2, 0.25) is 5.02 Å². The number of benzene rings is 2. The smallest absolute Gasteiger partial charge is 0.325 e. The van der Waals surface area contributed by atoms with Crippen molar-refractivity contribution in [2.24, 2.45) is 4.99 Å². The van der Waals surface area contributed by atoms with Crippen molar-refractivity contribution in [3.8, 4) is 0 Å². The van der Waals surface area contributed by atoms with Crippen LogP contribution in [0.25, 0.3) is 0 Å². The Morgan fingerprint density at radius 1 is 1.07 bits per heavy atom. The van der Waals surface area contributed by atoms with Crippen LogP contribution in [0.5, 0.6) is 0 Å². The molecule has 2 heterocycles. The van der Waals surface area contributed by atoms with Gasteiger partial charge in [0, 0.05) is 24.4 Å². The molecule has 2 aliphatic rings. The molecular formula is C20H19ClN4O2S. The minimum absolute atomic E-state index is 0.310. The molecule has 2 aromatic carbocycles. The molecule has 28 heavy (non-hydrogen) atoms. The van der Waals surface area contributed by atoms with Gasteiger partial charge in [0.1, 0.15) is 0 Å². The van der Waals surface area contributed by atoms with Crippen molar-refractivity contribution in [2.75, 3.05) is 7.05 Å². The second kappa shape index (κ2) is 7.85. The molecule has 1 saturated heterocycles. The Morgan fingerprint density at radius 2 is 1.79 bits per heavy atom. The Hall–Kier alpha value is -2.51. The van der Waals surface area contributed by atoms with E-state index in [2.05, 4.69) is 5.32 Å². The lowest BCUT2D eigenvalue weighted by atomic mass is 10.1. The number of rotatable bonds is 4. The number of carbonyl (C=O) groups excluding carboxylic acids is 2. The van der Waals surface area contributed by atoms with Gasteiger partial charge in [-0.25, -0.2) is 9.79 Å². The fourth-order valence-electron chi connectivity index (χ4n) is 3.30. The van der Waals surface area contributed by atoms with Crippen LogP contribution in [0, 0.1) is 0 Å². The number of thioether (sulfide) groups is 1. The number of hydrogen-bond acceptors (Lipinski definition) is 5. The normalized spacial score (nSPS) is 21.4. The fraction of sp³-hybridized carbons (Fsp3) is 0.250. The Labute approximate surface area is 172 Å². The lowest BCUT2D eigenvalue weighted by molar-refractivity contribution is -0.127. The summed E-state index contributed by atoms with van der Waals surface area (Å²) in [6.45, 7) is 0.546. The van der Waals surface area contributed by atoms with Gasteiger partial charge in [-0.15, -0.1) is 0 Å². The highest BCUT2D eigenvalue weighted by molar-refractivity contribution is 8.13. The van der Waals surface area contributed by atoms with Crippen molar-refractivity contribution < 1.29 is 9.59 Å². The Kier molecular flexibility index (Phi) is 5.28. The monoisotopic (exact) mass is 414 g/mol. The molecule has 0 bridgehead atoms. The molecule has 2 aliphatic heterocycles. The third-order valence-corrected chi connectivity index (χ3v) is 6.13. The number of amides is 3. The zero-order valence-electron chi connectivity index (χ0n) is 15.2. The van der Waals surface area contributed by atoms with Gasteiger partial charge in [-0.05, 0) is 23.3 Å². The largest absolute Gasteiger partial charge is 0.331 e. The first-order chi connectivity index (χ1) is 13.5. The predicted octanol–water partition coefficient (Wildman–Crippen LogP) is 3.32. The van der Waals surface area contributed by atoms with Gasteiger partial charge < -0.3 is 9.80 Å². The van der Waals surface area contributed by atoms with E-state index in [1.54, 1.807) is 18.8 Å². The van der Waals surface area contributed by atoms with E-state index in [0.717, 1.165) is 16.3 Å². The van der Waals surface area contributed by atoms with E-state index in [1.807, 2.05) is 59.5 Å². The molecule has 4 rings (SSSR count). The molecular weight excluding hydrogens is 396 g/mol. The standard InChI is InChI=1S/C20H19ClN4O2S/c1-24-17-16(18(26)23-19(24)27)25(11-13-5-3-2-4-6-13)20(22-17)28-12-14-7-9-15(21)10-8-14/h2-10,16-17H,11-12H2,1H3,(H,23,26,27). The molecule has 0 spiro atoms. The van der Waals surface area contributed by atoms with Crippen molar-refractivity contribution in [1.82, 2.24) is 15.1 Å². The maximum Gasteiger partial charge on any atom is 0.325 e. The Bertz CT molecular complexity index is 920. The third-order valence-electron chi connectivity index (χ3n) is 4.80. The van der Waals surface area contributed by atoms with Gasteiger partial charge in [0.15, 0.2) is 17.4 Å². The summed E-state index contributed by atoms with van der Waals surface area (Å²) in [5.41, 5.74) is 2.19. The van der Waals surface area contributed by atoms with Gasteiger partial charge in [-0.2, -0.15) is 0 Å². The Balaban J connectivity index is 1.59. The zero-order valence-corrected chi connectivity index (χ0v) is 16.8. The third kappa shape index (κ3) is 3.72. The van der Waals surface area contributed by atoms with E-state index in [9.17, 15) is 9.59 Å². The van der Waals surface area contributed by atoms with Crippen molar-refractivity contribution in [3.05, 3.63) is 70.7 Å². The number of hydrogen-bond donors (Lipinski definition) is 1. The van der Waals surface area contributed by atoms with Crippen molar-refractivity contribution in [1.29, 1.82) is 0 Å². The zero-order chi connectivity index (χ0) is 19.7. The van der Waals surface area contributed by atoms with Gasteiger partial charge in [0.25, 0.3) is 5.91 Å². The summed E-state index contributed by atoms with van der Waals surface area (Å²) in [5.74, 6) is 0.384. The summed E-state index contributed by atoms with van der Waals surface area (Å²) in [6.07, 6.45) is -0.516. The van der Waals surface area contributed by atoms with Crippen LogP contribution in [-0.2, 0) is 17.1 Å². The molecule has 2 unspecified atom stereocenters. The summed E-state index contributed by atoms with van der Waals surface area (Å²) in [6, 6.07) is 16.6. The van der Waals surface area contributed by atoms with E-state index in [-0.39, 0.29) is 5.91 Å². The highest BCUT2D eigenvalue weighted by atomic mass is 35.5. The molecule has 0 aromatic heterocycles. The molecule has 3 amide bonds. The summed E-state index contributed by atoms with van der Waals surface area (Å²) < 4.78 is 0. The lowest BCUT2D eigenvalue weighted by Crippen LogP contribution is -2.63. The maximum atomic E-state index is 12.6. The number of likely N-dealkylation sites (N-methyl/N-ethyl adjacent to an activating group) is 1. The van der Waals surface area contributed by atoms with E-state index in [4.69, 9.17) is 16.6 Å². The van der Waals surface area contributed by atoms with Crippen LogP contribution < -0.4 is 5.32 Å². The maximum absolute atomic E-state index is 12.6. The van der Waals surface area contributed by atoms with Gasteiger partial charge in [-0.1, -0.05) is 65.8 Å². The van der Waals surface area contributed by atoms with E-state index < -0.39 is 18.2 Å². The average Bonchev–Trinajstić information content (AvgIpc) is 3.05. The molecule has 0 saturated carbocycles. The fourth-order valence-corrected chi connectivity index (χ4v) is 4.44. The van der Waals surface area contributed by atoms with Gasteiger partial charge in [-0.3, -0.25) is 10.1 Å². The Morgan fingerprint density at radius 3 is 2.50 bits per heavy atom. The molecule has 8 heteroatoms. The number of urea groups is 1. The number of carbonyl (C=O) groups is 2.